The normalized spacial score (nSPS) is 17.4. The van der Waals surface area contributed by atoms with Crippen molar-refractivity contribution < 1.29 is 4.79 Å². The predicted molar refractivity (Wildman–Crippen MR) is 121 cm³/mol. The van der Waals surface area contributed by atoms with E-state index < -0.39 is 0 Å². The number of piperidine rings is 1. The van der Waals surface area contributed by atoms with Gasteiger partial charge in [-0.05, 0) is 43.0 Å². The number of amides is 1. The molecule has 1 fully saturated rings. The molecule has 5 rings (SSSR count). The first-order valence-electron chi connectivity index (χ1n) is 10.6. The Morgan fingerprint density at radius 1 is 1.07 bits per heavy atom. The lowest BCUT2D eigenvalue weighted by Crippen LogP contribution is -2.40. The highest BCUT2D eigenvalue weighted by molar-refractivity contribution is 6.02. The molecule has 1 amide bonds. The third kappa shape index (κ3) is 3.57. The number of aryl methyl sites for hydroxylation is 1. The molecule has 1 aliphatic rings. The van der Waals surface area contributed by atoms with Crippen LogP contribution in [-0.4, -0.2) is 33.4 Å². The maximum atomic E-state index is 13.1. The monoisotopic (exact) mass is 398 g/mol. The first-order valence-corrected chi connectivity index (χ1v) is 10.6. The zero-order valence-electron chi connectivity index (χ0n) is 17.2. The molecule has 1 N–H and O–H groups in total. The number of hydrogen-bond acceptors (Lipinski definition) is 3. The van der Waals surface area contributed by atoms with Gasteiger partial charge in [-0.2, -0.15) is 0 Å². The Hall–Kier alpha value is -3.18. The van der Waals surface area contributed by atoms with Gasteiger partial charge in [-0.25, -0.2) is 4.98 Å². The lowest BCUT2D eigenvalue weighted by Gasteiger charge is -2.31. The first-order chi connectivity index (χ1) is 14.7. The van der Waals surface area contributed by atoms with Crippen LogP contribution in [0.3, 0.4) is 0 Å². The summed E-state index contributed by atoms with van der Waals surface area (Å²) in [5.41, 5.74) is 3.07. The minimum atomic E-state index is -0.00703. The van der Waals surface area contributed by atoms with Crippen molar-refractivity contribution in [2.45, 2.75) is 19.4 Å². The molecule has 0 unspecified atom stereocenters. The highest BCUT2D eigenvalue weighted by Gasteiger charge is 2.27. The van der Waals surface area contributed by atoms with Crippen LogP contribution in [0.4, 0.5) is 5.69 Å². The van der Waals surface area contributed by atoms with Gasteiger partial charge < -0.3 is 9.88 Å². The van der Waals surface area contributed by atoms with Gasteiger partial charge in [0.05, 0.1) is 23.5 Å². The number of likely N-dealkylation sites (tertiary alicyclic amines) is 1. The average Bonchev–Trinajstić information content (AvgIpc) is 3.09. The molecule has 1 saturated heterocycles. The van der Waals surface area contributed by atoms with Gasteiger partial charge in [0, 0.05) is 24.7 Å². The van der Waals surface area contributed by atoms with Gasteiger partial charge in [0.15, 0.2) is 0 Å². The molecule has 3 aromatic carbocycles. The predicted octanol–water partition coefficient (Wildman–Crippen LogP) is 4.58. The molecule has 0 radical (unpaired) electrons. The molecule has 2 heterocycles. The standard InChI is InChI=1S/C25H26N4O/c1-28-23-14-5-4-12-22(23)26-24(28)17-29-15-7-10-19(16-29)25(30)27-21-13-6-9-18-8-2-3-11-20(18)21/h2-6,8-9,11-14,19H,7,10,15-17H2,1H3,(H,27,30)/t19-/m1/s1. The SMILES string of the molecule is Cn1c(CN2CCC[C@@H](C(=O)Nc3cccc4ccccc34)C2)nc2ccccc21. The van der Waals surface area contributed by atoms with E-state index in [1.165, 1.54) is 0 Å². The number of fused-ring (bicyclic) bond motifs is 2. The summed E-state index contributed by atoms with van der Waals surface area (Å²) in [6.07, 6.45) is 1.95. The van der Waals surface area contributed by atoms with E-state index in [9.17, 15) is 4.79 Å². The van der Waals surface area contributed by atoms with E-state index in [1.807, 2.05) is 36.4 Å². The Labute approximate surface area is 176 Å². The topological polar surface area (TPSA) is 50.2 Å². The van der Waals surface area contributed by atoms with E-state index in [2.05, 4.69) is 52.2 Å². The van der Waals surface area contributed by atoms with Crippen LogP contribution in [-0.2, 0) is 18.4 Å². The largest absolute Gasteiger partial charge is 0.330 e. The zero-order valence-corrected chi connectivity index (χ0v) is 17.2. The van der Waals surface area contributed by atoms with E-state index in [4.69, 9.17) is 4.98 Å². The van der Waals surface area contributed by atoms with Crippen LogP contribution < -0.4 is 5.32 Å². The van der Waals surface area contributed by atoms with Gasteiger partial charge in [-0.3, -0.25) is 9.69 Å². The van der Waals surface area contributed by atoms with Gasteiger partial charge >= 0.3 is 0 Å². The van der Waals surface area contributed by atoms with Crippen molar-refractivity contribution in [2.24, 2.45) is 13.0 Å². The van der Waals surface area contributed by atoms with Crippen molar-refractivity contribution >= 4 is 33.4 Å². The lowest BCUT2D eigenvalue weighted by atomic mass is 9.96. The Morgan fingerprint density at radius 2 is 1.87 bits per heavy atom. The van der Waals surface area contributed by atoms with Gasteiger partial charge in [-0.1, -0.05) is 48.5 Å². The first kappa shape index (κ1) is 18.8. The third-order valence-corrected chi connectivity index (χ3v) is 6.17. The van der Waals surface area contributed by atoms with Crippen LogP contribution in [0, 0.1) is 5.92 Å². The summed E-state index contributed by atoms with van der Waals surface area (Å²) < 4.78 is 2.16. The summed E-state index contributed by atoms with van der Waals surface area (Å²) in [6.45, 7) is 2.53. The van der Waals surface area contributed by atoms with E-state index in [-0.39, 0.29) is 11.8 Å². The van der Waals surface area contributed by atoms with E-state index in [0.717, 1.165) is 65.8 Å². The Balaban J connectivity index is 1.30. The van der Waals surface area contributed by atoms with Crippen LogP contribution in [0.15, 0.2) is 66.7 Å². The summed E-state index contributed by atoms with van der Waals surface area (Å²) in [4.78, 5) is 20.2. The molecular formula is C25H26N4O. The second-order valence-corrected chi connectivity index (χ2v) is 8.17. The minimum absolute atomic E-state index is 0.00703. The second kappa shape index (κ2) is 7.92. The van der Waals surface area contributed by atoms with E-state index in [1.54, 1.807) is 0 Å². The number of carbonyl (C=O) groups excluding carboxylic acids is 1. The number of imidazole rings is 1. The fraction of sp³-hybridized carbons (Fsp3) is 0.280. The van der Waals surface area contributed by atoms with Crippen LogP contribution >= 0.6 is 0 Å². The Morgan fingerprint density at radius 3 is 2.77 bits per heavy atom. The number of hydrogen-bond donors (Lipinski definition) is 1. The van der Waals surface area contributed by atoms with Crippen molar-refractivity contribution in [3.05, 3.63) is 72.6 Å². The maximum absolute atomic E-state index is 13.1. The smallest absolute Gasteiger partial charge is 0.228 e. The van der Waals surface area contributed by atoms with Gasteiger partial charge in [0.2, 0.25) is 5.91 Å². The summed E-state index contributed by atoms with van der Waals surface area (Å²) in [6, 6.07) is 22.4. The average molecular weight is 399 g/mol. The van der Waals surface area contributed by atoms with Crippen LogP contribution in [0.25, 0.3) is 21.8 Å². The number of rotatable bonds is 4. The van der Waals surface area contributed by atoms with Crippen molar-refractivity contribution in [1.82, 2.24) is 14.5 Å². The Kier molecular flexibility index (Phi) is 4.97. The number of aromatic nitrogens is 2. The maximum Gasteiger partial charge on any atom is 0.228 e. The summed E-state index contributed by atoms with van der Waals surface area (Å²) >= 11 is 0. The molecule has 0 aliphatic carbocycles. The van der Waals surface area contributed by atoms with Crippen molar-refractivity contribution in [3.8, 4) is 0 Å². The molecule has 1 aliphatic heterocycles. The van der Waals surface area contributed by atoms with Crippen molar-refractivity contribution in [1.29, 1.82) is 0 Å². The molecule has 0 saturated carbocycles. The van der Waals surface area contributed by atoms with Gasteiger partial charge in [0.1, 0.15) is 5.82 Å². The van der Waals surface area contributed by atoms with E-state index in [0.29, 0.717) is 0 Å². The number of anilines is 1. The quantitative estimate of drug-likeness (QED) is 0.548. The molecule has 30 heavy (non-hydrogen) atoms. The molecule has 4 aromatic rings. The molecule has 5 heteroatoms. The van der Waals surface area contributed by atoms with Crippen LogP contribution in [0.5, 0.6) is 0 Å². The fourth-order valence-corrected chi connectivity index (χ4v) is 4.52. The summed E-state index contributed by atoms with van der Waals surface area (Å²) in [5, 5.41) is 5.41. The van der Waals surface area contributed by atoms with Gasteiger partial charge in [0.25, 0.3) is 0 Å². The summed E-state index contributed by atoms with van der Waals surface area (Å²) in [7, 11) is 2.07. The lowest BCUT2D eigenvalue weighted by molar-refractivity contribution is -0.121. The number of nitrogens with one attached hydrogen (secondary N) is 1. The second-order valence-electron chi connectivity index (χ2n) is 8.17. The van der Waals surface area contributed by atoms with E-state index >= 15 is 0 Å². The molecule has 1 atom stereocenters. The number of carbonyl (C=O) groups is 1. The Bertz CT molecular complexity index is 1210. The highest BCUT2D eigenvalue weighted by Crippen LogP contribution is 2.26. The number of benzene rings is 3. The highest BCUT2D eigenvalue weighted by atomic mass is 16.1. The van der Waals surface area contributed by atoms with Crippen molar-refractivity contribution in [3.63, 3.8) is 0 Å². The van der Waals surface area contributed by atoms with Crippen LogP contribution in [0.2, 0.25) is 0 Å². The zero-order chi connectivity index (χ0) is 20.5. The fourth-order valence-electron chi connectivity index (χ4n) is 4.52. The molecular weight excluding hydrogens is 372 g/mol. The summed E-state index contributed by atoms with van der Waals surface area (Å²) in [5.74, 6) is 1.15. The molecule has 1 aromatic heterocycles. The minimum Gasteiger partial charge on any atom is -0.330 e. The third-order valence-electron chi connectivity index (χ3n) is 6.17. The van der Waals surface area contributed by atoms with Crippen molar-refractivity contribution in [2.75, 3.05) is 18.4 Å². The van der Waals surface area contributed by atoms with Gasteiger partial charge in [-0.15, -0.1) is 0 Å². The molecule has 0 spiro atoms. The molecule has 0 bridgehead atoms. The number of nitrogens with zero attached hydrogens (tertiary/aromatic N) is 3. The van der Waals surface area contributed by atoms with Crippen LogP contribution in [0.1, 0.15) is 18.7 Å². The molecule has 5 nitrogen and oxygen atoms in total. The molecule has 152 valence electrons. The number of para-hydroxylation sites is 2.